The van der Waals surface area contributed by atoms with Crippen LogP contribution in [-0.4, -0.2) is 41.4 Å². The van der Waals surface area contributed by atoms with Crippen LogP contribution >= 0.6 is 11.8 Å². The summed E-state index contributed by atoms with van der Waals surface area (Å²) in [6.07, 6.45) is 2.20. The van der Waals surface area contributed by atoms with Crippen LogP contribution in [0.5, 0.6) is 0 Å². The van der Waals surface area contributed by atoms with Gasteiger partial charge in [0.15, 0.2) is 5.65 Å². The normalized spacial score (nSPS) is 11.0. The Labute approximate surface area is 208 Å². The second-order valence-corrected chi connectivity index (χ2v) is 8.95. The lowest BCUT2D eigenvalue weighted by Gasteiger charge is -2.09. The maximum absolute atomic E-state index is 12.7. The molecule has 0 atom stereocenters. The van der Waals surface area contributed by atoms with E-state index in [4.69, 9.17) is 9.97 Å². The molecule has 180 valence electrons. The van der Waals surface area contributed by atoms with Crippen molar-refractivity contribution in [2.75, 3.05) is 11.1 Å². The average Bonchev–Trinajstić information content (AvgIpc) is 3.30. The number of H-pyrrole nitrogens is 2. The molecule has 0 radical (unpaired) electrons. The van der Waals surface area contributed by atoms with Crippen molar-refractivity contribution in [1.29, 1.82) is 0 Å². The van der Waals surface area contributed by atoms with E-state index < -0.39 is 17.2 Å². The first-order chi connectivity index (χ1) is 17.5. The minimum atomic E-state index is -0.659. The molecule has 3 heterocycles. The van der Waals surface area contributed by atoms with Crippen LogP contribution in [0.1, 0.15) is 17.1 Å². The van der Waals surface area contributed by atoms with Crippen molar-refractivity contribution < 1.29 is 4.79 Å². The molecular formula is C25H21N7O3S. The molecule has 5 aromatic rings. The molecule has 0 aliphatic rings. The molecule has 10 nitrogen and oxygen atoms in total. The van der Waals surface area contributed by atoms with Crippen LogP contribution in [0.15, 0.2) is 81.5 Å². The number of para-hydroxylation sites is 1. The van der Waals surface area contributed by atoms with Gasteiger partial charge in [-0.3, -0.25) is 14.6 Å². The molecule has 0 saturated heterocycles. The first-order valence-corrected chi connectivity index (χ1v) is 12.1. The first-order valence-electron chi connectivity index (χ1n) is 11.1. The second-order valence-electron chi connectivity index (χ2n) is 7.98. The number of nitrogens with one attached hydrogen (secondary N) is 3. The number of benzene rings is 2. The van der Waals surface area contributed by atoms with Crippen LogP contribution in [0.3, 0.4) is 0 Å². The summed E-state index contributed by atoms with van der Waals surface area (Å²) >= 11 is 1.22. The van der Waals surface area contributed by atoms with E-state index in [9.17, 15) is 14.4 Å². The van der Waals surface area contributed by atoms with Gasteiger partial charge in [0.1, 0.15) is 16.5 Å². The molecule has 2 aromatic carbocycles. The van der Waals surface area contributed by atoms with E-state index in [1.807, 2.05) is 60.7 Å². The molecule has 1 amide bonds. The van der Waals surface area contributed by atoms with Crippen molar-refractivity contribution in [3.8, 4) is 5.69 Å². The van der Waals surface area contributed by atoms with E-state index in [-0.39, 0.29) is 17.1 Å². The Hall–Kier alpha value is -4.51. The lowest BCUT2D eigenvalue weighted by atomic mass is 10.1. The quantitative estimate of drug-likeness (QED) is 0.231. The Bertz CT molecular complexity index is 1660. The number of rotatable bonds is 7. The number of aromatic amines is 2. The van der Waals surface area contributed by atoms with E-state index in [0.717, 1.165) is 11.3 Å². The zero-order valence-electron chi connectivity index (χ0n) is 19.2. The Morgan fingerprint density at radius 1 is 1.00 bits per heavy atom. The SMILES string of the molecule is Cc1[nH]c(=O)[nH]c(=O)c1NC(=O)CSc1nc(Cc2ccccc2)nc2c1cnn2-c1ccccc1. The van der Waals surface area contributed by atoms with Crippen molar-refractivity contribution in [2.24, 2.45) is 0 Å². The number of hydrogen-bond acceptors (Lipinski definition) is 7. The van der Waals surface area contributed by atoms with E-state index in [0.29, 0.717) is 28.3 Å². The molecule has 0 fully saturated rings. The van der Waals surface area contributed by atoms with Crippen LogP contribution < -0.4 is 16.6 Å². The van der Waals surface area contributed by atoms with Gasteiger partial charge < -0.3 is 10.3 Å². The largest absolute Gasteiger partial charge is 0.326 e. The summed E-state index contributed by atoms with van der Waals surface area (Å²) < 4.78 is 1.75. The number of carbonyl (C=O) groups excluding carboxylic acids is 1. The van der Waals surface area contributed by atoms with E-state index in [2.05, 4.69) is 20.4 Å². The van der Waals surface area contributed by atoms with Crippen molar-refractivity contribution in [1.82, 2.24) is 29.7 Å². The maximum Gasteiger partial charge on any atom is 0.326 e. The fourth-order valence-corrected chi connectivity index (χ4v) is 4.52. The van der Waals surface area contributed by atoms with Gasteiger partial charge in [0.05, 0.1) is 23.0 Å². The summed E-state index contributed by atoms with van der Waals surface area (Å²) in [5, 5.41) is 8.41. The predicted molar refractivity (Wildman–Crippen MR) is 138 cm³/mol. The highest BCUT2D eigenvalue weighted by Gasteiger charge is 2.17. The second kappa shape index (κ2) is 10.0. The van der Waals surface area contributed by atoms with Gasteiger partial charge in [0.2, 0.25) is 5.91 Å². The summed E-state index contributed by atoms with van der Waals surface area (Å²) in [7, 11) is 0. The minimum absolute atomic E-state index is 0.00852. The molecule has 3 N–H and O–H groups in total. The van der Waals surface area contributed by atoms with Gasteiger partial charge >= 0.3 is 5.69 Å². The molecule has 0 unspecified atom stereocenters. The number of amides is 1. The molecule has 0 bridgehead atoms. The third kappa shape index (κ3) is 4.96. The van der Waals surface area contributed by atoms with Crippen molar-refractivity contribution in [3.63, 3.8) is 0 Å². The number of thioether (sulfide) groups is 1. The molecule has 11 heteroatoms. The molecule has 0 saturated carbocycles. The predicted octanol–water partition coefficient (Wildman–Crippen LogP) is 2.82. The summed E-state index contributed by atoms with van der Waals surface area (Å²) in [6.45, 7) is 1.54. The Balaban J connectivity index is 1.46. The lowest BCUT2D eigenvalue weighted by Crippen LogP contribution is -2.29. The van der Waals surface area contributed by atoms with Gasteiger partial charge in [0.25, 0.3) is 5.56 Å². The molecule has 5 rings (SSSR count). The first kappa shape index (κ1) is 23.2. The standard InChI is InChI=1S/C25H21N7O3S/c1-15-21(23(34)31-25(35)27-15)30-20(33)14-36-24-18-13-26-32(17-10-6-3-7-11-17)22(18)28-19(29-24)12-16-8-4-2-5-9-16/h2-11,13H,12,14H2,1H3,(H,30,33)(H2,27,31,34,35). The topological polar surface area (TPSA) is 138 Å². The Morgan fingerprint density at radius 3 is 2.44 bits per heavy atom. The number of nitrogens with zero attached hydrogens (tertiary/aromatic N) is 4. The summed E-state index contributed by atoms with van der Waals surface area (Å²) in [5.74, 6) is 0.181. The molecule has 36 heavy (non-hydrogen) atoms. The van der Waals surface area contributed by atoms with Gasteiger partial charge in [-0.15, -0.1) is 0 Å². The number of hydrogen-bond donors (Lipinski definition) is 3. The fourth-order valence-electron chi connectivity index (χ4n) is 3.71. The molecule has 0 aliphatic heterocycles. The highest BCUT2D eigenvalue weighted by atomic mass is 32.2. The van der Waals surface area contributed by atoms with Gasteiger partial charge in [0, 0.05) is 12.1 Å². The third-order valence-electron chi connectivity index (χ3n) is 5.38. The van der Waals surface area contributed by atoms with Crippen molar-refractivity contribution >= 4 is 34.4 Å². The van der Waals surface area contributed by atoms with E-state index >= 15 is 0 Å². The highest BCUT2D eigenvalue weighted by Crippen LogP contribution is 2.27. The van der Waals surface area contributed by atoms with Gasteiger partial charge in [-0.2, -0.15) is 5.10 Å². The molecule has 0 spiro atoms. The Morgan fingerprint density at radius 2 is 1.72 bits per heavy atom. The van der Waals surface area contributed by atoms with Gasteiger partial charge in [-0.25, -0.2) is 19.4 Å². The minimum Gasteiger partial charge on any atom is -0.319 e. The Kier molecular flexibility index (Phi) is 6.46. The lowest BCUT2D eigenvalue weighted by molar-refractivity contribution is -0.113. The van der Waals surface area contributed by atoms with Crippen LogP contribution in [0.25, 0.3) is 16.7 Å². The maximum atomic E-state index is 12.7. The smallest absolute Gasteiger partial charge is 0.319 e. The highest BCUT2D eigenvalue weighted by molar-refractivity contribution is 8.00. The van der Waals surface area contributed by atoms with E-state index in [1.165, 1.54) is 11.8 Å². The van der Waals surface area contributed by atoms with Crippen molar-refractivity contribution in [3.05, 3.63) is 105 Å². The third-order valence-corrected chi connectivity index (χ3v) is 6.37. The summed E-state index contributed by atoms with van der Waals surface area (Å²) in [4.78, 5) is 50.2. The molecule has 0 aliphatic carbocycles. The van der Waals surface area contributed by atoms with E-state index in [1.54, 1.807) is 17.8 Å². The molecular weight excluding hydrogens is 478 g/mol. The van der Waals surface area contributed by atoms with Gasteiger partial charge in [-0.05, 0) is 24.6 Å². The number of aromatic nitrogens is 6. The van der Waals surface area contributed by atoms with Crippen molar-refractivity contribution in [2.45, 2.75) is 18.4 Å². The summed E-state index contributed by atoms with van der Waals surface area (Å²) in [6, 6.07) is 19.5. The zero-order chi connectivity index (χ0) is 25.1. The average molecular weight is 500 g/mol. The number of aryl methyl sites for hydroxylation is 1. The number of fused-ring (bicyclic) bond motifs is 1. The van der Waals surface area contributed by atoms with Gasteiger partial charge in [-0.1, -0.05) is 60.3 Å². The number of anilines is 1. The summed E-state index contributed by atoms with van der Waals surface area (Å²) in [5.41, 5.74) is 1.55. The zero-order valence-corrected chi connectivity index (χ0v) is 20.0. The van der Waals surface area contributed by atoms with Crippen LogP contribution in [0.4, 0.5) is 5.69 Å². The van der Waals surface area contributed by atoms with Crippen LogP contribution in [0, 0.1) is 6.92 Å². The van der Waals surface area contributed by atoms with Crippen LogP contribution in [-0.2, 0) is 11.2 Å². The van der Waals surface area contributed by atoms with Crippen LogP contribution in [0.2, 0.25) is 0 Å². The molecule has 3 aromatic heterocycles. The number of carbonyl (C=O) groups is 1. The fraction of sp³-hybridized carbons (Fsp3) is 0.120. The monoisotopic (exact) mass is 499 g/mol.